The highest BCUT2D eigenvalue weighted by molar-refractivity contribution is 7.14. The van der Waals surface area contributed by atoms with Crippen LogP contribution in [0, 0.1) is 48.5 Å². The van der Waals surface area contributed by atoms with Crippen LogP contribution in [0.4, 0.5) is 0 Å². The summed E-state index contributed by atoms with van der Waals surface area (Å²) in [5.74, 6) is -1.52. The Morgan fingerprint density at radius 2 is 0.659 bits per heavy atom. The molecule has 682 valence electrons. The van der Waals surface area contributed by atoms with Crippen molar-refractivity contribution < 1.29 is 77.1 Å². The van der Waals surface area contributed by atoms with E-state index in [9.17, 15) is 63.6 Å². The van der Waals surface area contributed by atoms with E-state index in [1.807, 2.05) is 124 Å². The van der Waals surface area contributed by atoms with Gasteiger partial charge in [0.2, 0.25) is 29.5 Å². The molecule has 0 bridgehead atoms. The molecule has 11 heterocycles. The molecule has 4 saturated heterocycles. The standard InChI is InChI=1S/C25H29N3O4S.2C24H27N3O4S.C24H31N3O4S/c1-4-20(23-11-15(2)27-32-23)25(31)28-13-19(29)12-21(28)22(30)10-7-17-5-8-18(9-6-17)24-16(3)26-14-33-24;2*1-14-10-22(31-26-14)15(2)24(30)27-12-19(28)11-20(27)21(29)9-6-17-4-7-18(8-5-17)23-16(3)25-13-32-23;1-4-5-20(26-16(3)28)24(31)27-13-19(29)12-21(27)22(30)11-8-17-6-9-18(10-7-17)23-15(2)25-14-32-23/h5-6,8-9,11,14,19-21,29H,4,7,10,12-13H2,1-3H3;2*4-5,7-8,10,13,15,19-20,28H,6,9,11-12H2,1-3H3;6-7,9-10,14,19-21,29H,4-5,8,11-13H2,1-3H3,(H,26,28)/t19-,20?,21+;15-,19+,20-;15-,19-,20+;19-,20+,21+/m1011/s1. The number of hydrogen-bond acceptors (Lipinski definition) is 27. The largest absolute Gasteiger partial charge is 0.391 e. The summed E-state index contributed by atoms with van der Waals surface area (Å²) in [7, 11) is 0. The summed E-state index contributed by atoms with van der Waals surface area (Å²) in [6, 6.07) is 34.7. The van der Waals surface area contributed by atoms with Crippen LogP contribution < -0.4 is 5.32 Å². The molecule has 5 amide bonds. The molecule has 7 aromatic heterocycles. The molecule has 32 heteroatoms. The average molecular weight is 1830 g/mol. The number of ketones is 4. The van der Waals surface area contributed by atoms with Crippen molar-refractivity contribution in [3.8, 4) is 41.8 Å². The molecule has 5 N–H and O–H groups in total. The van der Waals surface area contributed by atoms with Crippen molar-refractivity contribution in [3.05, 3.63) is 217 Å². The van der Waals surface area contributed by atoms with Crippen LogP contribution in [-0.4, -0.2) is 209 Å². The summed E-state index contributed by atoms with van der Waals surface area (Å²) >= 11 is 6.44. The smallest absolute Gasteiger partial charge is 0.245 e. The van der Waals surface area contributed by atoms with E-state index in [-0.39, 0.29) is 105 Å². The molecule has 11 aromatic rings. The van der Waals surface area contributed by atoms with Gasteiger partial charge in [-0.15, -0.1) is 45.3 Å². The Hall–Kier alpha value is -11.1. The topological polar surface area (TPSA) is 389 Å². The fourth-order valence-electron chi connectivity index (χ4n) is 16.9. The highest BCUT2D eigenvalue weighted by Crippen LogP contribution is 2.37. The van der Waals surface area contributed by atoms with Crippen LogP contribution >= 0.6 is 45.3 Å². The minimum atomic E-state index is -0.727. The number of carbonyl (C=O) groups is 9. The van der Waals surface area contributed by atoms with Crippen LogP contribution in [0.2, 0.25) is 0 Å². The second-order valence-corrected chi connectivity index (χ2v) is 37.3. The Morgan fingerprint density at radius 1 is 0.395 bits per heavy atom. The Morgan fingerprint density at radius 3 is 0.891 bits per heavy atom. The van der Waals surface area contributed by atoms with E-state index in [2.05, 4.69) is 77.1 Å². The van der Waals surface area contributed by atoms with Gasteiger partial charge in [0.05, 0.1) is 148 Å². The second-order valence-electron chi connectivity index (χ2n) is 33.9. The van der Waals surface area contributed by atoms with E-state index in [1.165, 1.54) is 26.5 Å². The number of aliphatic hydroxyl groups is 4. The molecule has 4 aliphatic heterocycles. The van der Waals surface area contributed by atoms with E-state index >= 15 is 0 Å². The number of likely N-dealkylation sites (tertiary alicyclic amines) is 4. The maximum Gasteiger partial charge on any atom is 0.245 e. The van der Waals surface area contributed by atoms with Gasteiger partial charge in [0.1, 0.15) is 23.3 Å². The van der Waals surface area contributed by atoms with Crippen LogP contribution in [0.1, 0.15) is 202 Å². The zero-order valence-corrected chi connectivity index (χ0v) is 78.1. The number of nitrogens with zero attached hydrogens (tertiary/aromatic N) is 11. The third kappa shape index (κ3) is 24.9. The summed E-state index contributed by atoms with van der Waals surface area (Å²) in [5.41, 5.74) is 22.2. The maximum absolute atomic E-state index is 13.3. The number of aliphatic hydroxyl groups excluding tert-OH is 4. The molecule has 129 heavy (non-hydrogen) atoms. The van der Waals surface area contributed by atoms with Gasteiger partial charge in [-0.3, -0.25) is 43.2 Å². The molecule has 1 unspecified atom stereocenters. The van der Waals surface area contributed by atoms with Gasteiger partial charge in [-0.25, -0.2) is 19.9 Å². The van der Waals surface area contributed by atoms with Crippen LogP contribution in [0.3, 0.4) is 0 Å². The normalized spacial score (nSPS) is 19.2. The van der Waals surface area contributed by atoms with Gasteiger partial charge in [-0.2, -0.15) is 0 Å². The molecule has 28 nitrogen and oxygen atoms in total. The minimum absolute atomic E-state index is 0.0223. The van der Waals surface area contributed by atoms with E-state index in [4.69, 9.17) is 13.6 Å². The first-order valence-corrected chi connectivity index (χ1v) is 47.4. The van der Waals surface area contributed by atoms with Crippen LogP contribution in [-0.2, 0) is 68.8 Å². The minimum Gasteiger partial charge on any atom is -0.391 e. The number of hydrogen-bond donors (Lipinski definition) is 5. The predicted molar refractivity (Wildman–Crippen MR) is 493 cm³/mol. The number of Topliss-reactive ketones (excluding diaryl/α,β-unsaturated/α-hetero) is 4. The van der Waals surface area contributed by atoms with Gasteiger partial charge >= 0.3 is 0 Å². The number of carbonyl (C=O) groups excluding carboxylic acids is 9. The third-order valence-corrected chi connectivity index (χ3v) is 28.0. The van der Waals surface area contributed by atoms with Gasteiger partial charge < -0.3 is 58.9 Å². The Balaban J connectivity index is 0.000000156. The average Bonchev–Trinajstić information content (AvgIpc) is 1.69. The molecule has 15 rings (SSSR count). The molecular weight excluding hydrogens is 1720 g/mol. The summed E-state index contributed by atoms with van der Waals surface area (Å²) in [4.78, 5) is 144. The van der Waals surface area contributed by atoms with Gasteiger partial charge in [-0.1, -0.05) is 133 Å². The van der Waals surface area contributed by atoms with Crippen LogP contribution in [0.15, 0.2) is 151 Å². The zero-order valence-electron chi connectivity index (χ0n) is 74.9. The molecular formula is C97H114N12O16S4. The number of thiazole rings is 4. The third-order valence-electron chi connectivity index (χ3n) is 24.1. The van der Waals surface area contributed by atoms with Crippen molar-refractivity contribution in [1.29, 1.82) is 0 Å². The fraction of sp³-hybridized carbons (Fsp3) is 0.443. The first kappa shape index (κ1) is 97.0. The van der Waals surface area contributed by atoms with E-state index < -0.39 is 72.4 Å². The summed E-state index contributed by atoms with van der Waals surface area (Å²) < 4.78 is 15.8. The second kappa shape index (κ2) is 45.0. The predicted octanol–water partition coefficient (Wildman–Crippen LogP) is 14.3. The lowest BCUT2D eigenvalue weighted by molar-refractivity contribution is -0.140. The number of nitrogens with one attached hydrogen (secondary N) is 1. The van der Waals surface area contributed by atoms with Gasteiger partial charge in [0, 0.05) is 103 Å². The number of rotatable bonds is 31. The van der Waals surface area contributed by atoms with Crippen molar-refractivity contribution in [3.63, 3.8) is 0 Å². The lowest BCUT2D eigenvalue weighted by atomic mass is 9.98. The monoisotopic (exact) mass is 1830 g/mol. The zero-order chi connectivity index (χ0) is 92.4. The lowest BCUT2D eigenvalue weighted by Crippen LogP contribution is -2.51. The van der Waals surface area contributed by atoms with Crippen molar-refractivity contribution in [2.75, 3.05) is 26.2 Å². The SMILES string of the molecule is CCC(C(=O)N1C[C@H](O)C[C@H]1C(=O)CCc1ccc(-c2scnc2C)cc1)c1cc(C)no1.CCC[C@H](NC(C)=O)C(=O)N1C[C@H](O)C[C@H]1C(=O)CCc1ccc(-c2scnc2C)cc1.Cc1cc([C@@H](C)C(=O)N2C[C@H](O)C[C@H]2C(=O)CCc2ccc(-c3scnc3C)cc2)on1.Cc1cc([C@H](C)C(=O)N2C[C@H](O)C[C@H]2C(=O)CCc2ccc(-c3scnc3C)cc2)on1. The number of benzene rings is 4. The number of aromatic nitrogens is 7. The number of amides is 5. The van der Waals surface area contributed by atoms with Gasteiger partial charge in [0.15, 0.2) is 23.1 Å². The molecule has 0 aliphatic carbocycles. The Bertz CT molecular complexity index is 5480. The highest BCUT2D eigenvalue weighted by Gasteiger charge is 2.45. The molecule has 4 fully saturated rings. The molecule has 12 atom stereocenters. The number of aryl methyl sites for hydroxylation is 11. The van der Waals surface area contributed by atoms with Crippen molar-refractivity contribution in [1.82, 2.24) is 60.3 Å². The molecule has 4 aliphatic rings. The molecule has 0 saturated carbocycles. The van der Waals surface area contributed by atoms with Crippen molar-refractivity contribution in [2.24, 2.45) is 0 Å². The van der Waals surface area contributed by atoms with E-state index in [0.717, 1.165) is 93.2 Å². The highest BCUT2D eigenvalue weighted by atomic mass is 32.1. The first-order valence-electron chi connectivity index (χ1n) is 43.9. The summed E-state index contributed by atoms with van der Waals surface area (Å²) in [6.45, 7) is 22.7. The molecule has 0 spiro atoms. The Kier molecular flexibility index (Phi) is 33.8. The Labute approximate surface area is 767 Å². The van der Waals surface area contributed by atoms with Gasteiger partial charge in [0.25, 0.3) is 0 Å². The van der Waals surface area contributed by atoms with Crippen molar-refractivity contribution in [2.45, 2.75) is 252 Å². The van der Waals surface area contributed by atoms with Gasteiger partial charge in [-0.05, 0) is 145 Å². The quantitative estimate of drug-likeness (QED) is 0.0269. The lowest BCUT2D eigenvalue weighted by Gasteiger charge is -2.28. The summed E-state index contributed by atoms with van der Waals surface area (Å²) in [6.07, 6.45) is 3.59. The molecule has 0 radical (unpaired) electrons. The first-order chi connectivity index (χ1) is 61.8. The van der Waals surface area contributed by atoms with Crippen LogP contribution in [0.25, 0.3) is 41.8 Å². The fourth-order valence-corrected chi connectivity index (χ4v) is 20.2. The summed E-state index contributed by atoms with van der Waals surface area (Å²) in [5, 5.41) is 55.0. The van der Waals surface area contributed by atoms with Crippen LogP contribution in [0.5, 0.6) is 0 Å². The van der Waals surface area contributed by atoms with Crippen molar-refractivity contribution >= 4 is 98.0 Å². The maximum atomic E-state index is 13.3. The number of β-amino-alcohol motifs (C(OH)–C–C–N with tert-alkyl or cyclic N) is 4. The van der Waals surface area contributed by atoms with E-state index in [0.29, 0.717) is 98.6 Å². The van der Waals surface area contributed by atoms with E-state index in [1.54, 1.807) is 98.2 Å². The molecule has 4 aromatic carbocycles.